The number of nitrogens with two attached hydrogens (primary N) is 1. The molecule has 0 spiro atoms. The van der Waals surface area contributed by atoms with Crippen molar-refractivity contribution in [2.24, 2.45) is 5.73 Å². The van der Waals surface area contributed by atoms with E-state index in [0.717, 1.165) is 15.2 Å². The molecule has 0 saturated carbocycles. The molecule has 1 amide bonds. The first kappa shape index (κ1) is 13.0. The number of amides is 1. The molecule has 1 heterocycles. The van der Waals surface area contributed by atoms with E-state index in [1.165, 1.54) is 11.3 Å². The van der Waals surface area contributed by atoms with E-state index in [9.17, 15) is 4.79 Å². The predicted molar refractivity (Wildman–Crippen MR) is 76.6 cm³/mol. The van der Waals surface area contributed by atoms with Gasteiger partial charge < -0.3 is 11.1 Å². The Morgan fingerprint density at radius 2 is 2.11 bits per heavy atom. The lowest BCUT2D eigenvalue weighted by atomic mass is 10.2. The van der Waals surface area contributed by atoms with E-state index in [2.05, 4.69) is 26.2 Å². The Hall–Kier alpha value is -1.40. The van der Waals surface area contributed by atoms with Crippen molar-refractivity contribution in [3.8, 4) is 0 Å². The molecule has 3 N–H and O–H groups in total. The summed E-state index contributed by atoms with van der Waals surface area (Å²) in [6.07, 6.45) is 0. The van der Waals surface area contributed by atoms with E-state index in [0.29, 0.717) is 5.69 Å². The van der Waals surface area contributed by atoms with E-state index in [1.807, 2.05) is 36.6 Å². The molecule has 1 aromatic carbocycles. The summed E-state index contributed by atoms with van der Waals surface area (Å²) < 4.78 is 0.980. The van der Waals surface area contributed by atoms with Gasteiger partial charge in [0.2, 0.25) is 5.91 Å². The molecule has 0 aliphatic rings. The standard InChI is InChI=1S/C12H12BrN3OS/c1-7-15-10(6-18-7)11(12(14)17)16-9-4-2-8(13)3-5-9/h2-6,11,16H,1H3,(H2,14,17). The third kappa shape index (κ3) is 3.08. The van der Waals surface area contributed by atoms with Crippen LogP contribution in [0.25, 0.3) is 0 Å². The number of thiazole rings is 1. The van der Waals surface area contributed by atoms with E-state index in [4.69, 9.17) is 5.73 Å². The third-order valence-corrected chi connectivity index (χ3v) is 3.69. The van der Waals surface area contributed by atoms with Crippen molar-refractivity contribution < 1.29 is 4.79 Å². The number of hydrogen-bond acceptors (Lipinski definition) is 4. The van der Waals surface area contributed by atoms with E-state index in [-0.39, 0.29) is 0 Å². The number of primary amides is 1. The zero-order valence-electron chi connectivity index (χ0n) is 9.68. The highest BCUT2D eigenvalue weighted by Crippen LogP contribution is 2.22. The summed E-state index contributed by atoms with van der Waals surface area (Å²) in [5, 5.41) is 5.84. The number of carbonyl (C=O) groups is 1. The lowest BCUT2D eigenvalue weighted by molar-refractivity contribution is -0.118. The molecule has 6 heteroatoms. The Morgan fingerprint density at radius 1 is 1.44 bits per heavy atom. The average Bonchev–Trinajstić information content (AvgIpc) is 2.74. The van der Waals surface area contributed by atoms with E-state index in [1.54, 1.807) is 0 Å². The molecular formula is C12H12BrN3OS. The largest absolute Gasteiger partial charge is 0.369 e. The molecule has 1 aromatic heterocycles. The molecule has 1 atom stereocenters. The van der Waals surface area contributed by atoms with Gasteiger partial charge in [0, 0.05) is 15.5 Å². The Labute approximate surface area is 117 Å². The van der Waals surface area contributed by atoms with Crippen LogP contribution in [0.1, 0.15) is 16.7 Å². The van der Waals surface area contributed by atoms with Crippen LogP contribution in [-0.4, -0.2) is 10.9 Å². The second-order valence-electron chi connectivity index (χ2n) is 3.78. The zero-order valence-corrected chi connectivity index (χ0v) is 12.1. The minimum absolute atomic E-state index is 0.441. The summed E-state index contributed by atoms with van der Waals surface area (Å²) in [7, 11) is 0. The Balaban J connectivity index is 2.22. The number of halogens is 1. The molecule has 2 aromatic rings. The zero-order chi connectivity index (χ0) is 13.1. The highest BCUT2D eigenvalue weighted by molar-refractivity contribution is 9.10. The fourth-order valence-corrected chi connectivity index (χ4v) is 2.42. The topological polar surface area (TPSA) is 68.0 Å². The SMILES string of the molecule is Cc1nc(C(Nc2ccc(Br)cc2)C(N)=O)cs1. The van der Waals surface area contributed by atoms with Gasteiger partial charge in [0.25, 0.3) is 0 Å². The van der Waals surface area contributed by atoms with Crippen molar-refractivity contribution in [3.05, 3.63) is 44.8 Å². The van der Waals surface area contributed by atoms with Gasteiger partial charge in [0.15, 0.2) is 0 Å². The number of carbonyl (C=O) groups excluding carboxylic acids is 1. The maximum atomic E-state index is 11.5. The Bertz CT molecular complexity index is 553. The van der Waals surface area contributed by atoms with Crippen molar-refractivity contribution in [1.29, 1.82) is 0 Å². The summed E-state index contributed by atoms with van der Waals surface area (Å²) in [5.41, 5.74) is 6.90. The van der Waals surface area contributed by atoms with Gasteiger partial charge in [-0.1, -0.05) is 15.9 Å². The van der Waals surface area contributed by atoms with Crippen molar-refractivity contribution in [2.45, 2.75) is 13.0 Å². The number of nitrogens with one attached hydrogen (secondary N) is 1. The second-order valence-corrected chi connectivity index (χ2v) is 5.76. The predicted octanol–water partition coefficient (Wildman–Crippen LogP) is 2.85. The quantitative estimate of drug-likeness (QED) is 0.908. The molecule has 0 saturated heterocycles. The molecular weight excluding hydrogens is 314 g/mol. The van der Waals surface area contributed by atoms with Crippen molar-refractivity contribution in [1.82, 2.24) is 4.98 Å². The maximum Gasteiger partial charge on any atom is 0.246 e. The number of nitrogens with zero attached hydrogens (tertiary/aromatic N) is 1. The van der Waals surface area contributed by atoms with Gasteiger partial charge in [0.1, 0.15) is 6.04 Å². The molecule has 0 fully saturated rings. The van der Waals surface area contributed by atoms with Gasteiger partial charge in [-0.3, -0.25) is 4.79 Å². The average molecular weight is 326 g/mol. The molecule has 0 aliphatic carbocycles. The van der Waals surface area contributed by atoms with E-state index >= 15 is 0 Å². The van der Waals surface area contributed by atoms with Gasteiger partial charge in [-0.05, 0) is 31.2 Å². The molecule has 1 unspecified atom stereocenters. The molecule has 4 nitrogen and oxygen atoms in total. The number of rotatable bonds is 4. The lowest BCUT2D eigenvalue weighted by Crippen LogP contribution is -2.28. The van der Waals surface area contributed by atoms with Gasteiger partial charge >= 0.3 is 0 Å². The smallest absolute Gasteiger partial charge is 0.246 e. The first-order valence-corrected chi connectivity index (χ1v) is 6.97. The van der Waals surface area contributed by atoms with Gasteiger partial charge in [-0.15, -0.1) is 11.3 Å². The highest BCUT2D eigenvalue weighted by Gasteiger charge is 2.20. The van der Waals surface area contributed by atoms with Crippen LogP contribution in [0.5, 0.6) is 0 Å². The molecule has 18 heavy (non-hydrogen) atoms. The number of hydrogen-bond donors (Lipinski definition) is 2. The maximum absolute atomic E-state index is 11.5. The number of aryl methyl sites for hydroxylation is 1. The molecule has 0 bridgehead atoms. The summed E-state index contributed by atoms with van der Waals surface area (Å²) >= 11 is 4.86. The summed E-state index contributed by atoms with van der Waals surface area (Å²) in [6, 6.07) is 6.94. The normalized spacial score (nSPS) is 12.1. The van der Waals surface area contributed by atoms with Crippen LogP contribution >= 0.6 is 27.3 Å². The number of anilines is 1. The molecule has 0 aliphatic heterocycles. The fourth-order valence-electron chi connectivity index (χ4n) is 1.52. The van der Waals surface area contributed by atoms with Crippen molar-refractivity contribution >= 4 is 38.9 Å². The van der Waals surface area contributed by atoms with Crippen LogP contribution in [0, 0.1) is 6.92 Å². The van der Waals surface area contributed by atoms with Crippen molar-refractivity contribution in [3.63, 3.8) is 0 Å². The van der Waals surface area contributed by atoms with E-state index < -0.39 is 11.9 Å². The summed E-state index contributed by atoms with van der Waals surface area (Å²) in [5.74, 6) is -0.441. The molecule has 0 radical (unpaired) electrons. The van der Waals surface area contributed by atoms with Crippen LogP contribution in [0.15, 0.2) is 34.1 Å². The fraction of sp³-hybridized carbons (Fsp3) is 0.167. The third-order valence-electron chi connectivity index (χ3n) is 2.37. The summed E-state index contributed by atoms with van der Waals surface area (Å²) in [4.78, 5) is 15.8. The Morgan fingerprint density at radius 3 is 2.61 bits per heavy atom. The Kier molecular flexibility index (Phi) is 3.98. The highest BCUT2D eigenvalue weighted by atomic mass is 79.9. The van der Waals surface area contributed by atoms with Crippen LogP contribution in [0.4, 0.5) is 5.69 Å². The molecule has 2 rings (SSSR count). The lowest BCUT2D eigenvalue weighted by Gasteiger charge is -2.14. The molecule has 94 valence electrons. The monoisotopic (exact) mass is 325 g/mol. The van der Waals surface area contributed by atoms with Crippen LogP contribution < -0.4 is 11.1 Å². The van der Waals surface area contributed by atoms with Crippen LogP contribution in [0.2, 0.25) is 0 Å². The number of aromatic nitrogens is 1. The van der Waals surface area contributed by atoms with Gasteiger partial charge in [-0.2, -0.15) is 0 Å². The second kappa shape index (κ2) is 5.49. The first-order chi connectivity index (χ1) is 8.56. The van der Waals surface area contributed by atoms with Gasteiger partial charge in [-0.25, -0.2) is 4.98 Å². The van der Waals surface area contributed by atoms with Crippen LogP contribution in [-0.2, 0) is 4.79 Å². The van der Waals surface area contributed by atoms with Gasteiger partial charge in [0.05, 0.1) is 10.7 Å². The van der Waals surface area contributed by atoms with Crippen molar-refractivity contribution in [2.75, 3.05) is 5.32 Å². The van der Waals surface area contributed by atoms with Crippen LogP contribution in [0.3, 0.4) is 0 Å². The minimum atomic E-state index is -0.601. The number of benzene rings is 1. The summed E-state index contributed by atoms with van der Waals surface area (Å²) in [6.45, 7) is 1.89. The minimum Gasteiger partial charge on any atom is -0.369 e. The first-order valence-electron chi connectivity index (χ1n) is 5.29.